The Morgan fingerprint density at radius 1 is 0.750 bits per heavy atom. The fraction of sp³-hybridized carbons (Fsp3) is 0.915. The summed E-state index contributed by atoms with van der Waals surface area (Å²) < 4.78 is 36.0. The first-order valence-corrected chi connectivity index (χ1v) is 23.5. The largest absolute Gasteiger partial charge is 0.479 e. The highest BCUT2D eigenvalue weighted by atomic mass is 16.8. The third-order valence-electron chi connectivity index (χ3n) is 18.8. The van der Waals surface area contributed by atoms with Gasteiger partial charge >= 0.3 is 5.97 Å². The van der Waals surface area contributed by atoms with Crippen LogP contribution in [0.3, 0.4) is 0 Å². The third-order valence-corrected chi connectivity index (χ3v) is 18.8. The number of fused-ring (bicyclic) bond motifs is 7. The first-order chi connectivity index (χ1) is 29.8. The second kappa shape index (κ2) is 16.8. The Labute approximate surface area is 375 Å². The summed E-state index contributed by atoms with van der Waals surface area (Å²) in [6.45, 7) is 16.5. The van der Waals surface area contributed by atoms with E-state index in [4.69, 9.17) is 28.4 Å². The van der Waals surface area contributed by atoms with Gasteiger partial charge in [-0.05, 0) is 97.7 Å². The summed E-state index contributed by atoms with van der Waals surface area (Å²) in [6, 6.07) is 0. The lowest BCUT2D eigenvalue weighted by Gasteiger charge is -2.71. The lowest BCUT2D eigenvalue weighted by Crippen LogP contribution is -2.68. The average Bonchev–Trinajstić information content (AvgIpc) is 3.22. The number of carboxylic acid groups (broad SMARTS) is 1. The summed E-state index contributed by atoms with van der Waals surface area (Å²) in [5, 5.41) is 97.2. The zero-order valence-electron chi connectivity index (χ0n) is 38.5. The van der Waals surface area contributed by atoms with E-state index in [9.17, 15) is 55.5 Å². The molecule has 9 N–H and O–H groups in total. The lowest BCUT2D eigenvalue weighted by molar-refractivity contribution is -0.387. The van der Waals surface area contributed by atoms with Crippen molar-refractivity contribution in [1.82, 2.24) is 0 Å². The predicted molar refractivity (Wildman–Crippen MR) is 224 cm³/mol. The Balaban J connectivity index is 1.06. The molecule has 7 fully saturated rings. The molecule has 8 rings (SSSR count). The molecule has 3 heterocycles. The summed E-state index contributed by atoms with van der Waals surface area (Å²) >= 11 is 0. The van der Waals surface area contributed by atoms with Crippen LogP contribution in [-0.2, 0) is 38.0 Å². The number of aliphatic carboxylic acids is 1. The van der Waals surface area contributed by atoms with Gasteiger partial charge in [-0.2, -0.15) is 0 Å². The standard InChI is InChI=1S/C47H74O17/c1-21-29(51)31(53)34(56)39(60-21)63-36-30(52)24(49)19-59-40(36)64-37-33(55)32(54)35(38(57)58)62-41(37)61-28-12-13-44(5)25(45(28,6)20-48)11-14-47(8)26(44)10-9-22-23-17-42(2,3)18-27(50)43(23,4)15-16-46(22,47)7/h9,21,23-26,28-37,39-41,48-49,51-56H,10-20H2,1-8H3,(H,57,58)/t21-,23-,24+,25?,26?,28?,29-,30-,31+,32-,33-,34+,35-,36+,37+,39-,40-,41+,43+,44-,45+,46+,47+/m0/s1. The molecule has 3 aliphatic heterocycles. The first kappa shape index (κ1) is 48.8. The molecule has 0 aromatic carbocycles. The van der Waals surface area contributed by atoms with Gasteiger partial charge in [0.05, 0.1) is 25.4 Å². The van der Waals surface area contributed by atoms with Crippen molar-refractivity contribution >= 4 is 11.8 Å². The molecule has 8 aliphatic rings. The SMILES string of the molecule is C[C@@H]1O[C@@H](O[C@H]2[C@H](O[C@H]3[C@H](OC4CC[C@@]5(C)C(CC[C@]6(C)C5CC=C5[C@@H]7CC(C)(C)CC(=O)[C@]7(C)CC[C@]56C)[C@@]4(C)CO)O[C@H](C(=O)O)[C@@H](O)[C@@H]3O)OC[C@@H](O)[C@@H]2O)[C@H](O)[C@H](O)[C@H]1O. The van der Waals surface area contributed by atoms with Gasteiger partial charge in [0, 0.05) is 17.3 Å². The summed E-state index contributed by atoms with van der Waals surface area (Å²) in [5.41, 5.74) is -0.362. The van der Waals surface area contributed by atoms with Crippen molar-refractivity contribution in [3.63, 3.8) is 0 Å². The van der Waals surface area contributed by atoms with Crippen molar-refractivity contribution in [2.75, 3.05) is 13.2 Å². The summed E-state index contributed by atoms with van der Waals surface area (Å²) in [5.74, 6) is -0.816. The molecule has 17 heteroatoms. The van der Waals surface area contributed by atoms with Gasteiger partial charge in [0.25, 0.3) is 0 Å². The number of rotatable bonds is 8. The molecule has 5 aliphatic carbocycles. The number of aliphatic hydroxyl groups is 8. The van der Waals surface area contributed by atoms with Crippen LogP contribution in [0.15, 0.2) is 11.6 Å². The molecule has 0 aromatic heterocycles. The molecule has 364 valence electrons. The zero-order chi connectivity index (χ0) is 46.9. The van der Waals surface area contributed by atoms with Gasteiger partial charge in [0.15, 0.2) is 25.0 Å². The fourth-order valence-electron chi connectivity index (χ4n) is 14.6. The number of carbonyl (C=O) groups excluding carboxylic acids is 1. The zero-order valence-corrected chi connectivity index (χ0v) is 38.5. The smallest absolute Gasteiger partial charge is 0.335 e. The van der Waals surface area contributed by atoms with Crippen molar-refractivity contribution in [2.24, 2.45) is 50.2 Å². The van der Waals surface area contributed by atoms with Crippen molar-refractivity contribution in [2.45, 2.75) is 205 Å². The average molecular weight is 911 g/mol. The Morgan fingerprint density at radius 3 is 2.09 bits per heavy atom. The van der Waals surface area contributed by atoms with E-state index < -0.39 is 110 Å². The number of ketones is 1. The van der Waals surface area contributed by atoms with E-state index in [1.54, 1.807) is 0 Å². The van der Waals surface area contributed by atoms with Crippen LogP contribution in [0.5, 0.6) is 0 Å². The molecule has 0 bridgehead atoms. The third kappa shape index (κ3) is 7.40. The molecule has 0 aromatic rings. The second-order valence-electron chi connectivity index (χ2n) is 22.9. The number of hydrogen-bond donors (Lipinski definition) is 9. The molecule has 0 radical (unpaired) electrons. The number of ether oxygens (including phenoxy) is 6. The van der Waals surface area contributed by atoms with Crippen molar-refractivity contribution in [3.8, 4) is 0 Å². The minimum absolute atomic E-state index is 0.0626. The molecular formula is C47H74O17. The van der Waals surface area contributed by atoms with Crippen LogP contribution in [-0.4, -0.2) is 163 Å². The van der Waals surface area contributed by atoms with Gasteiger partial charge in [0.1, 0.15) is 60.7 Å². The molecule has 0 spiro atoms. The Bertz CT molecular complexity index is 1810. The number of hydrogen-bond acceptors (Lipinski definition) is 16. The monoisotopic (exact) mass is 910 g/mol. The van der Waals surface area contributed by atoms with Crippen LogP contribution in [0, 0.1) is 50.2 Å². The van der Waals surface area contributed by atoms with Gasteiger partial charge in [0.2, 0.25) is 0 Å². The summed E-state index contributed by atoms with van der Waals surface area (Å²) in [6.07, 6.45) is -14.8. The fourth-order valence-corrected chi connectivity index (χ4v) is 14.6. The van der Waals surface area contributed by atoms with E-state index in [1.165, 1.54) is 12.5 Å². The number of Topliss-reactive ketones (excluding diaryl/α,β-unsaturated/α-hetero) is 1. The molecule has 23 atom stereocenters. The molecule has 4 saturated carbocycles. The van der Waals surface area contributed by atoms with Gasteiger partial charge < -0.3 is 74.4 Å². The van der Waals surface area contributed by atoms with Crippen LogP contribution in [0.4, 0.5) is 0 Å². The molecule has 64 heavy (non-hydrogen) atoms. The first-order valence-electron chi connectivity index (χ1n) is 23.5. The van der Waals surface area contributed by atoms with E-state index in [-0.39, 0.29) is 51.4 Å². The van der Waals surface area contributed by atoms with Crippen LogP contribution in [0.2, 0.25) is 0 Å². The van der Waals surface area contributed by atoms with Crippen LogP contribution >= 0.6 is 0 Å². The number of aliphatic hydroxyl groups excluding tert-OH is 8. The van der Waals surface area contributed by atoms with Crippen molar-refractivity contribution < 1.29 is 84.0 Å². The van der Waals surface area contributed by atoms with Crippen molar-refractivity contribution in [1.29, 1.82) is 0 Å². The van der Waals surface area contributed by atoms with Gasteiger partial charge in [-0.3, -0.25) is 4.79 Å². The quantitative estimate of drug-likeness (QED) is 0.124. The maximum Gasteiger partial charge on any atom is 0.335 e. The number of carbonyl (C=O) groups is 2. The molecule has 3 unspecified atom stereocenters. The molecule has 3 saturated heterocycles. The predicted octanol–water partition coefficient (Wildman–Crippen LogP) is 1.55. The van der Waals surface area contributed by atoms with E-state index >= 15 is 0 Å². The Kier molecular flexibility index (Phi) is 12.8. The maximum atomic E-state index is 13.8. The topological polar surface area (TPSA) is 272 Å². The Morgan fingerprint density at radius 2 is 1.42 bits per heavy atom. The van der Waals surface area contributed by atoms with Crippen LogP contribution < -0.4 is 0 Å². The van der Waals surface area contributed by atoms with Gasteiger partial charge in [-0.25, -0.2) is 4.79 Å². The maximum absolute atomic E-state index is 13.8. The summed E-state index contributed by atoms with van der Waals surface area (Å²) in [7, 11) is 0. The van der Waals surface area contributed by atoms with Gasteiger partial charge in [-0.1, -0.05) is 60.1 Å². The number of carboxylic acids is 1. The minimum atomic E-state index is -2.02. The van der Waals surface area contributed by atoms with E-state index in [0.717, 1.165) is 38.5 Å². The highest BCUT2D eigenvalue weighted by Crippen LogP contribution is 2.75. The molecule has 0 amide bonds. The normalized spacial score (nSPS) is 55.0. The molecular weight excluding hydrogens is 837 g/mol. The number of allylic oxidation sites excluding steroid dienone is 2. The minimum Gasteiger partial charge on any atom is -0.479 e. The van der Waals surface area contributed by atoms with Crippen LogP contribution in [0.1, 0.15) is 113 Å². The van der Waals surface area contributed by atoms with Crippen LogP contribution in [0.25, 0.3) is 0 Å². The van der Waals surface area contributed by atoms with E-state index in [1.807, 2.05) is 6.92 Å². The Hall–Kier alpha value is -1.68. The van der Waals surface area contributed by atoms with E-state index in [2.05, 4.69) is 47.6 Å². The summed E-state index contributed by atoms with van der Waals surface area (Å²) in [4.78, 5) is 26.2. The molecule has 17 nitrogen and oxygen atoms in total. The highest BCUT2D eigenvalue weighted by Gasteiger charge is 2.70. The lowest BCUT2D eigenvalue weighted by atomic mass is 9.33. The second-order valence-corrected chi connectivity index (χ2v) is 22.9. The van der Waals surface area contributed by atoms with Crippen molar-refractivity contribution in [3.05, 3.63) is 11.6 Å². The van der Waals surface area contributed by atoms with E-state index in [0.29, 0.717) is 25.0 Å². The van der Waals surface area contributed by atoms with Gasteiger partial charge in [-0.15, -0.1) is 0 Å². The highest BCUT2D eigenvalue weighted by molar-refractivity contribution is 5.87.